The van der Waals surface area contributed by atoms with Crippen LogP contribution in [0.1, 0.15) is 5.56 Å². The van der Waals surface area contributed by atoms with E-state index in [4.69, 9.17) is 14.2 Å². The predicted octanol–water partition coefficient (Wildman–Crippen LogP) is 3.36. The maximum absolute atomic E-state index is 13.5. The van der Waals surface area contributed by atoms with E-state index in [2.05, 4.69) is 5.32 Å². The fourth-order valence-electron chi connectivity index (χ4n) is 3.26. The number of ether oxygens (including phenoxy) is 3. The van der Waals surface area contributed by atoms with Crippen molar-refractivity contribution in [3.63, 3.8) is 0 Å². The zero-order valence-electron chi connectivity index (χ0n) is 18.9. The average molecular weight is 489 g/mol. The van der Waals surface area contributed by atoms with Crippen LogP contribution < -0.4 is 23.8 Å². The van der Waals surface area contributed by atoms with Gasteiger partial charge in [-0.1, -0.05) is 18.2 Å². The predicted molar refractivity (Wildman–Crippen MR) is 125 cm³/mol. The Morgan fingerprint density at radius 3 is 2.18 bits per heavy atom. The lowest BCUT2D eigenvalue weighted by molar-refractivity contribution is -0.119. The van der Waals surface area contributed by atoms with Gasteiger partial charge >= 0.3 is 0 Å². The van der Waals surface area contributed by atoms with Crippen LogP contribution in [0.2, 0.25) is 0 Å². The maximum Gasteiger partial charge on any atom is 0.264 e. The van der Waals surface area contributed by atoms with Gasteiger partial charge in [-0.25, -0.2) is 12.8 Å². The number of hydrogen-bond donors (Lipinski definition) is 1. The molecule has 0 bridgehead atoms. The molecular weight excluding hydrogens is 463 g/mol. The second-order valence-corrected chi connectivity index (χ2v) is 8.96. The molecular formula is C24H25FN2O6S. The normalized spacial score (nSPS) is 10.9. The highest BCUT2D eigenvalue weighted by atomic mass is 32.2. The Bertz CT molecular complexity index is 1250. The smallest absolute Gasteiger partial charge is 0.264 e. The SMILES string of the molecule is COc1ccccc1CNC(=O)CN(c1ccc(F)cc1)S(=O)(=O)c1ccc(OC)c(OC)c1. The summed E-state index contributed by atoms with van der Waals surface area (Å²) >= 11 is 0. The minimum absolute atomic E-state index is 0.119. The Morgan fingerprint density at radius 2 is 1.53 bits per heavy atom. The largest absolute Gasteiger partial charge is 0.496 e. The van der Waals surface area contributed by atoms with Crippen molar-refractivity contribution in [1.29, 1.82) is 0 Å². The molecule has 0 aliphatic rings. The van der Waals surface area contributed by atoms with Gasteiger partial charge in [0.2, 0.25) is 5.91 Å². The molecule has 0 spiro atoms. The van der Waals surface area contributed by atoms with Gasteiger partial charge in [0.15, 0.2) is 11.5 Å². The summed E-state index contributed by atoms with van der Waals surface area (Å²) in [5.74, 6) is 0.0656. The average Bonchev–Trinajstić information content (AvgIpc) is 2.86. The van der Waals surface area contributed by atoms with E-state index in [0.29, 0.717) is 11.5 Å². The lowest BCUT2D eigenvalue weighted by Crippen LogP contribution is -2.40. The third kappa shape index (κ3) is 5.57. The molecule has 34 heavy (non-hydrogen) atoms. The number of amides is 1. The number of benzene rings is 3. The third-order valence-electron chi connectivity index (χ3n) is 5.01. The van der Waals surface area contributed by atoms with E-state index >= 15 is 0 Å². The van der Waals surface area contributed by atoms with Gasteiger partial charge in [-0.05, 0) is 42.5 Å². The van der Waals surface area contributed by atoms with Crippen molar-refractivity contribution in [3.8, 4) is 17.2 Å². The van der Waals surface area contributed by atoms with Crippen molar-refractivity contribution < 1.29 is 31.8 Å². The van der Waals surface area contributed by atoms with E-state index in [9.17, 15) is 17.6 Å². The summed E-state index contributed by atoms with van der Waals surface area (Å²) in [4.78, 5) is 12.7. The molecule has 10 heteroatoms. The number of para-hydroxylation sites is 1. The molecule has 0 atom stereocenters. The molecule has 3 aromatic carbocycles. The molecule has 0 aliphatic carbocycles. The molecule has 0 heterocycles. The molecule has 0 unspecified atom stereocenters. The van der Waals surface area contributed by atoms with Gasteiger partial charge in [0.05, 0.1) is 31.9 Å². The number of nitrogens with one attached hydrogen (secondary N) is 1. The topological polar surface area (TPSA) is 94.2 Å². The molecule has 0 saturated carbocycles. The Hall–Kier alpha value is -3.79. The molecule has 0 aliphatic heterocycles. The van der Waals surface area contributed by atoms with Gasteiger partial charge in [0.25, 0.3) is 10.0 Å². The monoisotopic (exact) mass is 488 g/mol. The number of hydrogen-bond acceptors (Lipinski definition) is 6. The Kier molecular flexibility index (Phi) is 7.95. The van der Waals surface area contributed by atoms with Crippen LogP contribution in [0.15, 0.2) is 71.6 Å². The first kappa shape index (κ1) is 24.8. The van der Waals surface area contributed by atoms with E-state index in [1.54, 1.807) is 24.3 Å². The van der Waals surface area contributed by atoms with Crippen LogP contribution in [0.3, 0.4) is 0 Å². The standard InChI is InChI=1S/C24H25FN2O6S/c1-31-21-7-5-4-6-17(21)15-26-24(28)16-27(19-10-8-18(25)9-11-19)34(29,30)20-12-13-22(32-2)23(14-20)33-3/h4-14H,15-16H2,1-3H3,(H,26,28). The van der Waals surface area contributed by atoms with Crippen molar-refractivity contribution in [1.82, 2.24) is 5.32 Å². The van der Waals surface area contributed by atoms with E-state index in [-0.39, 0.29) is 22.9 Å². The lowest BCUT2D eigenvalue weighted by Gasteiger charge is -2.24. The summed E-state index contributed by atoms with van der Waals surface area (Å²) in [5.41, 5.74) is 0.859. The van der Waals surface area contributed by atoms with Gasteiger partial charge in [-0.2, -0.15) is 0 Å². The van der Waals surface area contributed by atoms with Gasteiger partial charge in [-0.15, -0.1) is 0 Å². The zero-order chi connectivity index (χ0) is 24.7. The highest BCUT2D eigenvalue weighted by molar-refractivity contribution is 7.92. The van der Waals surface area contributed by atoms with E-state index in [1.165, 1.54) is 51.7 Å². The first-order valence-corrected chi connectivity index (χ1v) is 11.6. The van der Waals surface area contributed by atoms with Crippen LogP contribution in [0.5, 0.6) is 17.2 Å². The number of methoxy groups -OCH3 is 3. The Morgan fingerprint density at radius 1 is 0.882 bits per heavy atom. The van der Waals surface area contributed by atoms with Crippen LogP contribution in [0, 0.1) is 5.82 Å². The number of sulfonamides is 1. The van der Waals surface area contributed by atoms with Crippen LogP contribution >= 0.6 is 0 Å². The number of nitrogens with zero attached hydrogens (tertiary/aromatic N) is 1. The summed E-state index contributed by atoms with van der Waals surface area (Å²) in [7, 11) is 0.115. The molecule has 3 rings (SSSR count). The van der Waals surface area contributed by atoms with Crippen LogP contribution in [-0.2, 0) is 21.4 Å². The van der Waals surface area contributed by atoms with E-state index < -0.39 is 28.3 Å². The second kappa shape index (κ2) is 10.9. The fraction of sp³-hybridized carbons (Fsp3) is 0.208. The van der Waals surface area contributed by atoms with Gasteiger partial charge in [0.1, 0.15) is 18.1 Å². The summed E-state index contributed by atoms with van der Waals surface area (Å²) in [6, 6.07) is 16.1. The molecule has 3 aromatic rings. The summed E-state index contributed by atoms with van der Waals surface area (Å²) in [5, 5.41) is 2.71. The quantitative estimate of drug-likeness (QED) is 0.470. The molecule has 1 N–H and O–H groups in total. The first-order valence-electron chi connectivity index (χ1n) is 10.2. The summed E-state index contributed by atoms with van der Waals surface area (Å²) in [6.07, 6.45) is 0. The van der Waals surface area contributed by atoms with Crippen LogP contribution in [-0.4, -0.2) is 42.2 Å². The molecule has 0 saturated heterocycles. The molecule has 0 aromatic heterocycles. The van der Waals surface area contributed by atoms with Crippen molar-refractivity contribution in [2.75, 3.05) is 32.2 Å². The van der Waals surface area contributed by atoms with Gasteiger partial charge in [-0.3, -0.25) is 9.10 Å². The summed E-state index contributed by atoms with van der Waals surface area (Å²) in [6.45, 7) is -0.395. The molecule has 0 fully saturated rings. The number of carbonyl (C=O) groups is 1. The molecule has 0 radical (unpaired) electrons. The number of halogens is 1. The zero-order valence-corrected chi connectivity index (χ0v) is 19.8. The van der Waals surface area contributed by atoms with Gasteiger partial charge < -0.3 is 19.5 Å². The first-order chi connectivity index (χ1) is 16.3. The molecule has 180 valence electrons. The minimum atomic E-state index is -4.23. The lowest BCUT2D eigenvalue weighted by atomic mass is 10.2. The van der Waals surface area contributed by atoms with E-state index in [1.807, 2.05) is 0 Å². The molecule has 1 amide bonds. The van der Waals surface area contributed by atoms with Gasteiger partial charge in [0, 0.05) is 18.2 Å². The second-order valence-electron chi connectivity index (χ2n) is 7.09. The Balaban J connectivity index is 1.91. The van der Waals surface area contributed by atoms with Crippen molar-refractivity contribution in [3.05, 3.63) is 78.1 Å². The maximum atomic E-state index is 13.5. The van der Waals surface area contributed by atoms with Crippen molar-refractivity contribution in [2.24, 2.45) is 0 Å². The van der Waals surface area contributed by atoms with Crippen molar-refractivity contribution >= 4 is 21.6 Å². The summed E-state index contributed by atoms with van der Waals surface area (Å²) < 4.78 is 57.1. The number of carbonyl (C=O) groups excluding carboxylic acids is 1. The molecule has 8 nitrogen and oxygen atoms in total. The highest BCUT2D eigenvalue weighted by Crippen LogP contribution is 2.32. The van der Waals surface area contributed by atoms with Crippen LogP contribution in [0.25, 0.3) is 0 Å². The number of rotatable bonds is 10. The van der Waals surface area contributed by atoms with Crippen LogP contribution in [0.4, 0.5) is 10.1 Å². The number of anilines is 1. The Labute approximate surface area is 197 Å². The fourth-order valence-corrected chi connectivity index (χ4v) is 4.69. The minimum Gasteiger partial charge on any atom is -0.496 e. The third-order valence-corrected chi connectivity index (χ3v) is 6.78. The highest BCUT2D eigenvalue weighted by Gasteiger charge is 2.28. The van der Waals surface area contributed by atoms with Crippen molar-refractivity contribution in [2.45, 2.75) is 11.4 Å². The van der Waals surface area contributed by atoms with E-state index in [0.717, 1.165) is 22.0 Å².